The van der Waals surface area contributed by atoms with Crippen LogP contribution in [0.25, 0.3) is 0 Å². The summed E-state index contributed by atoms with van der Waals surface area (Å²) in [5, 5.41) is 12.3. The van der Waals surface area contributed by atoms with Gasteiger partial charge in [-0.2, -0.15) is 0 Å². The van der Waals surface area contributed by atoms with E-state index in [1.54, 1.807) is 60.1 Å². The Morgan fingerprint density at radius 2 is 0.614 bits per heavy atom. The number of nitrogens with zero attached hydrogens (tertiary/aromatic N) is 7. The monoisotopic (exact) mass is 2060 g/mol. The quantitative estimate of drug-likeness (QED) is 0.00627. The molecule has 0 unspecified atom stereocenters. The molecule has 0 bridgehead atoms. The fourth-order valence-corrected chi connectivity index (χ4v) is 13.1. The average molecular weight is 2060 g/mol. The molecule has 0 saturated carbocycles. The Kier molecular flexibility index (Phi) is 77.0. The smallest absolute Gasteiger partial charge is 0.512 e. The minimum atomic E-state index is -0.476. The third-order valence-electron chi connectivity index (χ3n) is 19.9. The normalized spacial score (nSPS) is 10.5. The van der Waals surface area contributed by atoms with Gasteiger partial charge in [-0.15, -0.1) is 23.2 Å². The molecule has 1 aliphatic rings. The van der Waals surface area contributed by atoms with Gasteiger partial charge < -0.3 is 81.4 Å². The number of rotatable bonds is 36. The fourth-order valence-electron chi connectivity index (χ4n) is 12.5. The van der Waals surface area contributed by atoms with Crippen LogP contribution in [0.4, 0.5) is 31.4 Å². The maximum atomic E-state index is 13.5. The summed E-state index contributed by atoms with van der Waals surface area (Å²) < 4.78 is 38.4. The van der Waals surface area contributed by atoms with Crippen LogP contribution >= 0.6 is 81.2 Å². The van der Waals surface area contributed by atoms with E-state index in [4.69, 9.17) is 132 Å². The molecule has 11 aromatic carbocycles. The first kappa shape index (κ1) is 131. The van der Waals surface area contributed by atoms with Gasteiger partial charge in [-0.05, 0) is 217 Å². The van der Waals surface area contributed by atoms with Crippen LogP contribution in [-0.4, -0.2) is 159 Å². The van der Waals surface area contributed by atoms with E-state index < -0.39 is 5.37 Å². The Hall–Kier alpha value is -9.09. The van der Waals surface area contributed by atoms with Crippen LogP contribution < -0.4 is 61.0 Å². The van der Waals surface area contributed by atoms with Crippen molar-refractivity contribution in [3.63, 3.8) is 0 Å². The van der Waals surface area contributed by atoms with Crippen molar-refractivity contribution in [1.82, 2.24) is 20.0 Å². The summed E-state index contributed by atoms with van der Waals surface area (Å²) in [6.07, 6.45) is 3.19. The van der Waals surface area contributed by atoms with Gasteiger partial charge >= 0.3 is 47.0 Å². The predicted octanol–water partition coefficient (Wildman–Crippen LogP) is 23.5. The molecular formula is C109H138BCl7N10NaO12. The molecular weight excluding hydrogens is 1920 g/mol. The first-order valence-electron chi connectivity index (χ1n) is 45.6. The average Bonchev–Trinajstić information content (AvgIpc) is 1.29. The number of ether oxygens (including phenoxy) is 7. The summed E-state index contributed by atoms with van der Waals surface area (Å²) in [5.74, 6) is 0. The summed E-state index contributed by atoms with van der Waals surface area (Å²) in [4.78, 5) is 69.3. The van der Waals surface area contributed by atoms with Gasteiger partial charge in [0.05, 0.1) is 5.34 Å². The molecule has 1 fully saturated rings. The SMILES string of the molecule is C1CCOC1.CCN(CC)CC.CCOC(OCC)c1ccc(C=O)cc1.CCOC(OCC)c1ccc(CN(Cc2ccc(Cl)cc2)C(=O)N(C)c2ccccc2)cc1.CCOC(OCC)c1ccc(CNCc2ccc(Cl)cc2)cc1.CN.CN(C(=O)Cl)c1ccccc1.CN(C(=O)N(Cc1ccc(Cl)cc1)Cc1ccc(C=O)cc1)c1ccccc1.ClCCl.NCc1ccc(Cl)cc1.[B].[C-]#N.[Na+]. The summed E-state index contributed by atoms with van der Waals surface area (Å²) >= 11 is 38.3. The summed E-state index contributed by atoms with van der Waals surface area (Å²) in [7, 11) is 6.69. The molecule has 11 aromatic rings. The van der Waals surface area contributed by atoms with Crippen molar-refractivity contribution in [3.8, 4) is 0 Å². The molecule has 5 N–H and O–H groups in total. The Bertz CT molecular complexity index is 4950. The zero-order chi connectivity index (χ0) is 102. The van der Waals surface area contributed by atoms with Crippen LogP contribution in [0.2, 0.25) is 20.1 Å². The Balaban J connectivity index is 0.00000165. The van der Waals surface area contributed by atoms with Gasteiger partial charge in [0.15, 0.2) is 18.9 Å². The van der Waals surface area contributed by atoms with Crippen LogP contribution in [0, 0.1) is 11.8 Å². The Morgan fingerprint density at radius 1 is 0.386 bits per heavy atom. The maximum absolute atomic E-state index is 13.5. The van der Waals surface area contributed by atoms with E-state index in [9.17, 15) is 24.0 Å². The molecule has 0 aromatic heterocycles. The van der Waals surface area contributed by atoms with E-state index in [1.165, 1.54) is 55.6 Å². The molecule has 3 radical (unpaired) electrons. The third kappa shape index (κ3) is 55.0. The number of carbonyl (C=O) groups is 5. The molecule has 5 amide bonds. The number of alkyl halides is 2. The molecule has 31 heteroatoms. The Morgan fingerprint density at radius 3 is 0.843 bits per heavy atom. The van der Waals surface area contributed by atoms with Gasteiger partial charge in [-0.1, -0.05) is 267 Å². The number of aldehydes is 2. The van der Waals surface area contributed by atoms with Crippen LogP contribution in [0.5, 0.6) is 0 Å². The predicted molar refractivity (Wildman–Crippen MR) is 575 cm³/mol. The minimum absolute atomic E-state index is 0. The Labute approximate surface area is 891 Å². The number of urea groups is 2. The summed E-state index contributed by atoms with van der Waals surface area (Å²) in [5.41, 5.74) is 24.1. The number of carbonyl (C=O) groups excluding carboxylic acids is 5. The molecule has 1 aliphatic heterocycles. The fraction of sp³-hybridized carbons (Fsp3) is 0.339. The van der Waals surface area contributed by atoms with E-state index in [2.05, 4.69) is 61.0 Å². The second-order valence-electron chi connectivity index (χ2n) is 29.4. The number of amides is 5. The van der Waals surface area contributed by atoms with Gasteiger partial charge in [-0.25, -0.2) is 9.59 Å². The molecule has 140 heavy (non-hydrogen) atoms. The number of anilines is 3. The molecule has 1 heterocycles. The van der Waals surface area contributed by atoms with E-state index in [0.29, 0.717) is 93.5 Å². The second kappa shape index (κ2) is 82.4. The van der Waals surface area contributed by atoms with Crippen LogP contribution in [0.1, 0.15) is 170 Å². The van der Waals surface area contributed by atoms with Crippen molar-refractivity contribution in [3.05, 3.63) is 379 Å². The largest absolute Gasteiger partial charge is 1.00 e. The van der Waals surface area contributed by atoms with Gasteiger partial charge in [0.25, 0.3) is 0 Å². The second-order valence-corrected chi connectivity index (χ2v) is 32.3. The topological polar surface area (TPSA) is 257 Å². The van der Waals surface area contributed by atoms with Crippen molar-refractivity contribution in [2.24, 2.45) is 11.5 Å². The maximum Gasteiger partial charge on any atom is 1.00 e. The van der Waals surface area contributed by atoms with Crippen molar-refractivity contribution in [1.29, 1.82) is 5.26 Å². The first-order chi connectivity index (χ1) is 66.9. The van der Waals surface area contributed by atoms with E-state index in [-0.39, 0.29) is 74.2 Å². The third-order valence-corrected chi connectivity index (χ3v) is 21.2. The molecule has 0 aliphatic carbocycles. The van der Waals surface area contributed by atoms with Crippen molar-refractivity contribution >= 4 is 137 Å². The van der Waals surface area contributed by atoms with E-state index in [0.717, 1.165) is 110 Å². The molecule has 12 rings (SSSR count). The molecule has 0 atom stereocenters. The first-order valence-corrected chi connectivity index (χ1v) is 48.6. The molecule has 749 valence electrons. The number of hydrogen-bond acceptors (Lipinski definition) is 17. The number of benzene rings is 11. The number of para-hydroxylation sites is 3. The zero-order valence-electron chi connectivity index (χ0n) is 83.3. The van der Waals surface area contributed by atoms with Gasteiger partial charge in [0.1, 0.15) is 12.6 Å². The number of hydrogen-bond donors (Lipinski definition) is 3. The molecule has 1 saturated heterocycles. The van der Waals surface area contributed by atoms with Crippen molar-refractivity contribution in [2.75, 3.05) is 121 Å². The minimum Gasteiger partial charge on any atom is -0.512 e. The van der Waals surface area contributed by atoms with Crippen LogP contribution in [0.3, 0.4) is 0 Å². The van der Waals surface area contributed by atoms with Gasteiger partial charge in [-0.3, -0.25) is 24.2 Å². The van der Waals surface area contributed by atoms with E-state index >= 15 is 0 Å². The van der Waals surface area contributed by atoms with Crippen LogP contribution in [-0.2, 0) is 79.0 Å². The van der Waals surface area contributed by atoms with Crippen molar-refractivity contribution < 1.29 is 86.7 Å². The van der Waals surface area contributed by atoms with E-state index in [1.807, 2.05) is 283 Å². The number of halogens is 7. The molecule has 0 spiro atoms. The zero-order valence-corrected chi connectivity index (χ0v) is 90.6. The summed E-state index contributed by atoms with van der Waals surface area (Å²) in [6.45, 7) is 36.2. The van der Waals surface area contributed by atoms with Gasteiger partial charge in [0, 0.05) is 193 Å². The number of nitrogens with one attached hydrogen (secondary N) is 1. The summed E-state index contributed by atoms with van der Waals surface area (Å²) in [6, 6.07) is 89.5. The standard InChI is InChI=1S/C27H31ClN2O3.C23H21ClN2O2.C19H24ClNO2.C12H16O3.C8H8ClNO.C7H8ClN.C6H15N.C4H8O.CH2Cl2.CH5N.CN.B.Na/c1-4-32-26(33-5-2)23-15-11-21(12-16-23)19-30(20-22-13-17-24(28)18-14-22)27(31)29(3)25-9-7-6-8-10-25;1-25(22-5-3-2-4-6-22)23(28)26(16-19-11-13-21(24)14-12-19)15-18-7-9-20(17-27)10-8-18;1-3-22-19(23-4-2)17-9-5-15(6-10-17)13-21-14-16-7-11-18(20)12-8-16;1-3-14-12(15-4-2)11-7-5-10(9-13)6-8-11;1-10(8(9)11)7-5-3-2-4-6-7;8-7-3-1-6(5-9)2-4-7;1-4-7(5-2)6-3;1-2-4-5-3-1;2-1-3;2*1-2;;/h6-18,26H,4-5,19-20H2,1-3H3;2-14,17H,15-16H2,1H3;5-12,19,21H,3-4,13-14H2,1-2H3;5-9,12H,3-4H2,1-2H3;2-6H,1H3;1-4H,5,9H2;4-6H2,1-3H3;1-4H2;1H2;2H2,1H3;;;/q;;;;;;;;;;-1;;+1. The van der Waals surface area contributed by atoms with Gasteiger partial charge in [0.2, 0.25) is 0 Å². The number of nitrogens with two attached hydrogens (primary N) is 2. The van der Waals surface area contributed by atoms with Crippen molar-refractivity contribution in [2.45, 2.75) is 140 Å². The molecule has 22 nitrogen and oxygen atoms in total. The van der Waals surface area contributed by atoms with Crippen LogP contribution in [0.15, 0.2) is 285 Å².